The fourth-order valence-electron chi connectivity index (χ4n) is 1.92. The first-order valence-electron chi connectivity index (χ1n) is 5.97. The van der Waals surface area contributed by atoms with Crippen LogP contribution < -0.4 is 11.1 Å². The van der Waals surface area contributed by atoms with Crippen molar-refractivity contribution in [1.82, 2.24) is 4.98 Å². The lowest BCUT2D eigenvalue weighted by atomic mass is 10.0. The van der Waals surface area contributed by atoms with Crippen molar-refractivity contribution in [2.75, 3.05) is 17.7 Å². The van der Waals surface area contributed by atoms with Crippen LogP contribution in [-0.2, 0) is 0 Å². The molecule has 2 rings (SSSR count). The highest BCUT2D eigenvalue weighted by atomic mass is 32.1. The van der Waals surface area contributed by atoms with E-state index in [1.165, 1.54) is 0 Å². The van der Waals surface area contributed by atoms with Crippen LogP contribution in [0.4, 0.5) is 11.4 Å². The van der Waals surface area contributed by atoms with Crippen LogP contribution in [0.2, 0.25) is 0 Å². The molecule has 0 saturated heterocycles. The Kier molecular flexibility index (Phi) is 3.45. The van der Waals surface area contributed by atoms with Gasteiger partial charge in [0.15, 0.2) is 0 Å². The van der Waals surface area contributed by atoms with Crippen molar-refractivity contribution in [1.29, 1.82) is 0 Å². The van der Waals surface area contributed by atoms with Gasteiger partial charge in [0.2, 0.25) is 0 Å². The highest BCUT2D eigenvalue weighted by Gasteiger charge is 2.18. The molecule has 98 valence electrons. The Balaban J connectivity index is 2.35. The maximum absolute atomic E-state index is 9.04. The third kappa shape index (κ3) is 2.73. The Bertz CT molecular complexity index is 563. The van der Waals surface area contributed by atoms with Crippen LogP contribution in [0.3, 0.4) is 0 Å². The molecule has 0 aliphatic heterocycles. The number of benzene rings is 1. The first-order valence-corrected chi connectivity index (χ1v) is 6.79. The quantitative estimate of drug-likeness (QED) is 0.743. The standard InChI is InChI=1S/C13H19N3OS/c1-8-15-11-7-10(9(14)6-12(11)18-8)16-13(2,3)4-5-17/h6-7,16-17H,4-5,14H2,1-3H3. The van der Waals surface area contributed by atoms with Gasteiger partial charge < -0.3 is 16.2 Å². The molecule has 1 heterocycles. The molecule has 1 aromatic heterocycles. The number of fused-ring (bicyclic) bond motifs is 1. The lowest BCUT2D eigenvalue weighted by Crippen LogP contribution is -2.32. The van der Waals surface area contributed by atoms with Gasteiger partial charge in [-0.05, 0) is 39.3 Å². The van der Waals surface area contributed by atoms with Gasteiger partial charge >= 0.3 is 0 Å². The molecule has 0 atom stereocenters. The number of hydrogen-bond acceptors (Lipinski definition) is 5. The summed E-state index contributed by atoms with van der Waals surface area (Å²) in [6.45, 7) is 6.22. The predicted molar refractivity (Wildman–Crippen MR) is 78.2 cm³/mol. The van der Waals surface area contributed by atoms with Crippen molar-refractivity contribution >= 4 is 32.9 Å². The molecule has 0 saturated carbocycles. The lowest BCUT2D eigenvalue weighted by Gasteiger charge is -2.27. The molecule has 0 spiro atoms. The number of nitrogens with two attached hydrogens (primary N) is 1. The molecule has 0 bridgehead atoms. The highest BCUT2D eigenvalue weighted by molar-refractivity contribution is 7.18. The van der Waals surface area contributed by atoms with Gasteiger partial charge in [-0.3, -0.25) is 0 Å². The summed E-state index contributed by atoms with van der Waals surface area (Å²) < 4.78 is 1.11. The second kappa shape index (κ2) is 4.74. The van der Waals surface area contributed by atoms with Gasteiger partial charge in [0.1, 0.15) is 0 Å². The second-order valence-electron chi connectivity index (χ2n) is 5.12. The molecule has 0 radical (unpaired) electrons. The number of rotatable bonds is 4. The zero-order valence-electron chi connectivity index (χ0n) is 10.9. The molecule has 18 heavy (non-hydrogen) atoms. The molecule has 2 aromatic rings. The first kappa shape index (κ1) is 13.1. The van der Waals surface area contributed by atoms with Gasteiger partial charge in [-0.1, -0.05) is 0 Å². The fraction of sp³-hybridized carbons (Fsp3) is 0.462. The fourth-order valence-corrected chi connectivity index (χ4v) is 2.78. The van der Waals surface area contributed by atoms with Crippen LogP contribution in [0.25, 0.3) is 10.2 Å². The van der Waals surface area contributed by atoms with E-state index in [0.717, 1.165) is 26.6 Å². The van der Waals surface area contributed by atoms with E-state index in [1.54, 1.807) is 11.3 Å². The van der Waals surface area contributed by atoms with Crippen LogP contribution in [0.1, 0.15) is 25.3 Å². The van der Waals surface area contributed by atoms with E-state index in [-0.39, 0.29) is 12.1 Å². The van der Waals surface area contributed by atoms with E-state index in [0.29, 0.717) is 6.42 Å². The van der Waals surface area contributed by atoms with Crippen molar-refractivity contribution in [2.24, 2.45) is 0 Å². The SMILES string of the molecule is Cc1nc2cc(NC(C)(C)CCO)c(N)cc2s1. The van der Waals surface area contributed by atoms with Crippen molar-refractivity contribution in [3.05, 3.63) is 17.1 Å². The minimum atomic E-state index is -0.193. The second-order valence-corrected chi connectivity index (χ2v) is 6.36. The Morgan fingerprint density at radius 3 is 2.83 bits per heavy atom. The maximum atomic E-state index is 9.04. The van der Waals surface area contributed by atoms with Gasteiger partial charge in [0, 0.05) is 12.1 Å². The molecule has 1 aromatic carbocycles. The van der Waals surface area contributed by atoms with Crippen LogP contribution >= 0.6 is 11.3 Å². The summed E-state index contributed by atoms with van der Waals surface area (Å²) in [7, 11) is 0. The van der Waals surface area contributed by atoms with E-state index in [4.69, 9.17) is 10.8 Å². The average molecular weight is 265 g/mol. The van der Waals surface area contributed by atoms with Crippen molar-refractivity contribution in [2.45, 2.75) is 32.7 Å². The summed E-state index contributed by atoms with van der Waals surface area (Å²) in [4.78, 5) is 4.46. The number of anilines is 2. The number of thiazole rings is 1. The number of hydrogen-bond donors (Lipinski definition) is 3. The predicted octanol–water partition coefficient (Wildman–Crippen LogP) is 2.76. The van der Waals surface area contributed by atoms with Crippen LogP contribution in [0, 0.1) is 6.92 Å². The van der Waals surface area contributed by atoms with E-state index in [1.807, 2.05) is 32.9 Å². The topological polar surface area (TPSA) is 71.2 Å². The molecule has 0 fully saturated rings. The summed E-state index contributed by atoms with van der Waals surface area (Å²) in [6, 6.07) is 3.94. The smallest absolute Gasteiger partial charge is 0.0907 e. The van der Waals surface area contributed by atoms with Crippen LogP contribution in [0.15, 0.2) is 12.1 Å². The minimum Gasteiger partial charge on any atom is -0.397 e. The third-order valence-corrected chi connectivity index (χ3v) is 3.81. The number of aliphatic hydroxyl groups is 1. The minimum absolute atomic E-state index is 0.151. The van der Waals surface area contributed by atoms with Crippen LogP contribution in [0.5, 0.6) is 0 Å². The van der Waals surface area contributed by atoms with E-state index < -0.39 is 0 Å². The van der Waals surface area contributed by atoms with Gasteiger partial charge in [-0.2, -0.15) is 0 Å². The van der Waals surface area contributed by atoms with Crippen molar-refractivity contribution < 1.29 is 5.11 Å². The van der Waals surface area contributed by atoms with Crippen molar-refractivity contribution in [3.63, 3.8) is 0 Å². The molecule has 0 unspecified atom stereocenters. The Hall–Kier alpha value is -1.33. The average Bonchev–Trinajstić information content (AvgIpc) is 2.57. The zero-order chi connectivity index (χ0) is 13.3. The monoisotopic (exact) mass is 265 g/mol. The van der Waals surface area contributed by atoms with Crippen LogP contribution in [-0.4, -0.2) is 22.2 Å². The van der Waals surface area contributed by atoms with Gasteiger partial charge in [0.25, 0.3) is 0 Å². The summed E-state index contributed by atoms with van der Waals surface area (Å²) >= 11 is 1.64. The Morgan fingerprint density at radius 2 is 2.17 bits per heavy atom. The van der Waals surface area contributed by atoms with Gasteiger partial charge in [0.05, 0.1) is 26.6 Å². The van der Waals surface area contributed by atoms with Gasteiger partial charge in [-0.25, -0.2) is 4.98 Å². The third-order valence-electron chi connectivity index (χ3n) is 2.88. The number of nitrogen functional groups attached to an aromatic ring is 1. The lowest BCUT2D eigenvalue weighted by molar-refractivity contribution is 0.261. The summed E-state index contributed by atoms with van der Waals surface area (Å²) in [5.74, 6) is 0. The molecular formula is C13H19N3OS. The molecular weight excluding hydrogens is 246 g/mol. The number of nitrogens with zero attached hydrogens (tertiary/aromatic N) is 1. The normalized spacial score (nSPS) is 12.0. The number of aromatic nitrogens is 1. The van der Waals surface area contributed by atoms with Gasteiger partial charge in [-0.15, -0.1) is 11.3 Å². The largest absolute Gasteiger partial charge is 0.397 e. The van der Waals surface area contributed by atoms with E-state index in [9.17, 15) is 0 Å². The summed E-state index contributed by atoms with van der Waals surface area (Å²) in [6.07, 6.45) is 0.667. The molecule has 4 N–H and O–H groups in total. The van der Waals surface area contributed by atoms with E-state index >= 15 is 0 Å². The summed E-state index contributed by atoms with van der Waals surface area (Å²) in [5.41, 5.74) is 8.43. The molecule has 0 aliphatic carbocycles. The number of nitrogens with one attached hydrogen (secondary N) is 1. The van der Waals surface area contributed by atoms with Crippen molar-refractivity contribution in [3.8, 4) is 0 Å². The first-order chi connectivity index (χ1) is 8.41. The zero-order valence-corrected chi connectivity index (χ0v) is 11.8. The molecule has 0 aliphatic rings. The number of aryl methyl sites for hydroxylation is 1. The number of aliphatic hydroxyl groups excluding tert-OH is 1. The highest BCUT2D eigenvalue weighted by Crippen LogP contribution is 2.31. The summed E-state index contributed by atoms with van der Waals surface area (Å²) in [5, 5.41) is 13.4. The maximum Gasteiger partial charge on any atom is 0.0907 e. The molecule has 5 heteroatoms. The molecule has 0 amide bonds. The van der Waals surface area contributed by atoms with E-state index in [2.05, 4.69) is 10.3 Å². The Labute approximate surface area is 111 Å². The Morgan fingerprint density at radius 1 is 1.44 bits per heavy atom. The molecule has 4 nitrogen and oxygen atoms in total.